The molecule has 2 atom stereocenters. The molecule has 0 radical (unpaired) electrons. The first-order valence-corrected chi connectivity index (χ1v) is 9.90. The summed E-state index contributed by atoms with van der Waals surface area (Å²) in [6, 6.07) is 15.2. The summed E-state index contributed by atoms with van der Waals surface area (Å²) in [5, 5.41) is 10.4. The van der Waals surface area contributed by atoms with Gasteiger partial charge in [0.15, 0.2) is 10.9 Å². The lowest BCUT2D eigenvalue weighted by Crippen LogP contribution is -2.30. The van der Waals surface area contributed by atoms with Crippen molar-refractivity contribution in [1.29, 1.82) is 0 Å². The van der Waals surface area contributed by atoms with E-state index in [4.69, 9.17) is 0 Å². The van der Waals surface area contributed by atoms with E-state index in [-0.39, 0.29) is 18.4 Å². The van der Waals surface area contributed by atoms with E-state index in [9.17, 15) is 14.7 Å². The summed E-state index contributed by atoms with van der Waals surface area (Å²) < 4.78 is 1.89. The molecule has 0 aliphatic carbocycles. The van der Waals surface area contributed by atoms with Crippen LogP contribution in [0.2, 0.25) is 0 Å². The molecule has 138 valence electrons. The van der Waals surface area contributed by atoms with Gasteiger partial charge in [0, 0.05) is 25.2 Å². The van der Waals surface area contributed by atoms with E-state index in [0.717, 1.165) is 16.2 Å². The normalized spacial score (nSPS) is 19.5. The second kappa shape index (κ2) is 7.08. The molecule has 1 aliphatic heterocycles. The quantitative estimate of drug-likeness (QED) is 0.703. The van der Waals surface area contributed by atoms with Gasteiger partial charge in [-0.15, -0.1) is 0 Å². The van der Waals surface area contributed by atoms with Gasteiger partial charge >= 0.3 is 5.97 Å². The number of nitrogens with zero attached hydrogens (tertiary/aromatic N) is 3. The fourth-order valence-corrected chi connectivity index (χ4v) is 4.26. The lowest BCUT2D eigenvalue weighted by Gasteiger charge is -2.15. The molecule has 27 heavy (non-hydrogen) atoms. The first-order valence-electron chi connectivity index (χ1n) is 8.68. The van der Waals surface area contributed by atoms with Crippen molar-refractivity contribution in [2.24, 2.45) is 5.92 Å². The zero-order valence-corrected chi connectivity index (χ0v) is 15.6. The minimum Gasteiger partial charge on any atom is -0.481 e. The number of carboxylic acids is 1. The van der Waals surface area contributed by atoms with Crippen molar-refractivity contribution in [2.45, 2.75) is 11.1 Å². The van der Waals surface area contributed by atoms with Crippen LogP contribution in [0.25, 0.3) is 5.52 Å². The third-order valence-corrected chi connectivity index (χ3v) is 5.71. The maximum atomic E-state index is 13.2. The molecule has 3 aromatic rings. The van der Waals surface area contributed by atoms with Crippen LogP contribution in [0, 0.1) is 5.92 Å². The smallest absolute Gasteiger partial charge is 0.308 e. The van der Waals surface area contributed by atoms with Gasteiger partial charge in [0.25, 0.3) is 5.91 Å². The Bertz CT molecular complexity index is 1000. The summed E-state index contributed by atoms with van der Waals surface area (Å²) >= 11 is 1.47. The van der Waals surface area contributed by atoms with Crippen LogP contribution in [0.1, 0.15) is 22.0 Å². The number of fused-ring (bicyclic) bond motifs is 1. The number of aliphatic carboxylic acids is 1. The number of carbonyl (C=O) groups excluding carboxylic acids is 1. The predicted molar refractivity (Wildman–Crippen MR) is 103 cm³/mol. The Morgan fingerprint density at radius 1 is 1.11 bits per heavy atom. The zero-order chi connectivity index (χ0) is 19.0. The van der Waals surface area contributed by atoms with Crippen molar-refractivity contribution in [3.05, 3.63) is 66.0 Å². The van der Waals surface area contributed by atoms with E-state index in [1.807, 2.05) is 65.4 Å². The van der Waals surface area contributed by atoms with E-state index >= 15 is 0 Å². The van der Waals surface area contributed by atoms with E-state index in [1.165, 1.54) is 11.8 Å². The molecular weight excluding hydrogens is 362 g/mol. The second-order valence-electron chi connectivity index (χ2n) is 6.58. The highest BCUT2D eigenvalue weighted by molar-refractivity contribution is 7.98. The molecule has 2 unspecified atom stereocenters. The Labute approximate surface area is 160 Å². The number of rotatable bonds is 4. The first kappa shape index (κ1) is 17.6. The van der Waals surface area contributed by atoms with Crippen LogP contribution in [-0.4, -0.2) is 50.6 Å². The molecule has 0 saturated carbocycles. The van der Waals surface area contributed by atoms with Crippen LogP contribution in [-0.2, 0) is 4.79 Å². The largest absolute Gasteiger partial charge is 0.481 e. The van der Waals surface area contributed by atoms with Crippen molar-refractivity contribution in [2.75, 3.05) is 19.3 Å². The SMILES string of the molecule is CSc1nc(C(=O)N2CC(C(=O)O)C(c3ccccc3)C2)c2ccccn12. The minimum atomic E-state index is -0.876. The number of hydrogen-bond acceptors (Lipinski definition) is 4. The molecule has 3 heterocycles. The van der Waals surface area contributed by atoms with Gasteiger partial charge in [-0.3, -0.25) is 14.0 Å². The molecule has 0 bridgehead atoms. The molecule has 2 aromatic heterocycles. The minimum absolute atomic E-state index is 0.189. The Kier molecular flexibility index (Phi) is 4.61. The van der Waals surface area contributed by atoms with Crippen molar-refractivity contribution >= 4 is 29.2 Å². The van der Waals surface area contributed by atoms with Crippen LogP contribution in [0.15, 0.2) is 59.9 Å². The lowest BCUT2D eigenvalue weighted by molar-refractivity contribution is -0.141. The Morgan fingerprint density at radius 3 is 2.56 bits per heavy atom. The second-order valence-corrected chi connectivity index (χ2v) is 7.35. The van der Waals surface area contributed by atoms with Crippen molar-refractivity contribution in [3.63, 3.8) is 0 Å². The molecule has 1 fully saturated rings. The highest BCUT2D eigenvalue weighted by atomic mass is 32.2. The maximum Gasteiger partial charge on any atom is 0.308 e. The number of carboxylic acid groups (broad SMARTS) is 1. The van der Waals surface area contributed by atoms with E-state index in [0.29, 0.717) is 12.2 Å². The van der Waals surface area contributed by atoms with Crippen molar-refractivity contribution in [1.82, 2.24) is 14.3 Å². The van der Waals surface area contributed by atoms with Crippen LogP contribution in [0.5, 0.6) is 0 Å². The third kappa shape index (κ3) is 3.08. The van der Waals surface area contributed by atoms with E-state index in [1.54, 1.807) is 4.90 Å². The van der Waals surface area contributed by atoms with Crippen molar-refractivity contribution < 1.29 is 14.7 Å². The number of thioether (sulfide) groups is 1. The Balaban J connectivity index is 1.68. The fraction of sp³-hybridized carbons (Fsp3) is 0.250. The molecule has 4 rings (SSSR count). The molecule has 0 spiro atoms. The summed E-state index contributed by atoms with van der Waals surface area (Å²) in [6.07, 6.45) is 3.79. The summed E-state index contributed by atoms with van der Waals surface area (Å²) in [4.78, 5) is 31.1. The fourth-order valence-electron chi connectivity index (χ4n) is 3.72. The van der Waals surface area contributed by atoms with Gasteiger partial charge in [-0.25, -0.2) is 4.98 Å². The number of likely N-dealkylation sites (tertiary alicyclic amines) is 1. The number of carbonyl (C=O) groups is 2. The standard InChI is InChI=1S/C20H19N3O3S/c1-27-20-21-17(16-9-5-6-10-23(16)20)18(24)22-11-14(15(12-22)19(25)26)13-7-3-2-4-8-13/h2-10,14-15H,11-12H2,1H3,(H,25,26). The number of pyridine rings is 1. The number of benzene rings is 1. The molecular formula is C20H19N3O3S. The van der Waals surface area contributed by atoms with Gasteiger partial charge in [0.2, 0.25) is 0 Å². The molecule has 7 heteroatoms. The van der Waals surface area contributed by atoms with Crippen LogP contribution in [0.4, 0.5) is 0 Å². The molecule has 1 aliphatic rings. The highest BCUT2D eigenvalue weighted by Gasteiger charge is 2.41. The third-order valence-electron chi connectivity index (χ3n) is 5.05. The van der Waals surface area contributed by atoms with Crippen LogP contribution in [0.3, 0.4) is 0 Å². The first-order chi connectivity index (χ1) is 13.1. The molecule has 1 saturated heterocycles. The molecule has 6 nitrogen and oxygen atoms in total. The Hall–Kier alpha value is -2.80. The van der Waals surface area contributed by atoms with E-state index < -0.39 is 11.9 Å². The average Bonchev–Trinajstić information content (AvgIpc) is 3.30. The van der Waals surface area contributed by atoms with Crippen LogP contribution >= 0.6 is 11.8 Å². The summed E-state index contributed by atoms with van der Waals surface area (Å²) in [5.41, 5.74) is 2.05. The highest BCUT2D eigenvalue weighted by Crippen LogP contribution is 2.34. The van der Waals surface area contributed by atoms with Gasteiger partial charge in [0.1, 0.15) is 0 Å². The van der Waals surface area contributed by atoms with Gasteiger partial charge in [0.05, 0.1) is 11.4 Å². The number of amides is 1. The molecule has 1 amide bonds. The van der Waals surface area contributed by atoms with E-state index in [2.05, 4.69) is 4.98 Å². The number of aromatic nitrogens is 2. The number of hydrogen-bond donors (Lipinski definition) is 1. The number of imidazole rings is 1. The summed E-state index contributed by atoms with van der Waals surface area (Å²) in [6.45, 7) is 0.564. The monoisotopic (exact) mass is 381 g/mol. The van der Waals surface area contributed by atoms with Gasteiger partial charge in [-0.1, -0.05) is 48.2 Å². The summed E-state index contributed by atoms with van der Waals surface area (Å²) in [7, 11) is 0. The van der Waals surface area contributed by atoms with Gasteiger partial charge < -0.3 is 10.0 Å². The van der Waals surface area contributed by atoms with Gasteiger partial charge in [-0.05, 0) is 24.0 Å². The molecule has 1 aromatic carbocycles. The zero-order valence-electron chi connectivity index (χ0n) is 14.8. The van der Waals surface area contributed by atoms with Gasteiger partial charge in [-0.2, -0.15) is 0 Å². The Morgan fingerprint density at radius 2 is 1.85 bits per heavy atom. The lowest BCUT2D eigenvalue weighted by atomic mass is 9.89. The predicted octanol–water partition coefficient (Wildman–Crippen LogP) is 3.00. The van der Waals surface area contributed by atoms with Crippen LogP contribution < -0.4 is 0 Å². The topological polar surface area (TPSA) is 74.9 Å². The maximum absolute atomic E-state index is 13.2. The average molecular weight is 381 g/mol. The van der Waals surface area contributed by atoms with Crippen molar-refractivity contribution in [3.8, 4) is 0 Å². The summed E-state index contributed by atoms with van der Waals surface area (Å²) in [5.74, 6) is -1.94. The molecule has 1 N–H and O–H groups in total.